The Morgan fingerprint density at radius 3 is 1.88 bits per heavy atom. The van der Waals surface area contributed by atoms with Crippen LogP contribution >= 0.6 is 0 Å². The molecule has 0 saturated heterocycles. The van der Waals surface area contributed by atoms with Crippen molar-refractivity contribution in [2.75, 3.05) is 0 Å². The third kappa shape index (κ3) is 2.28. The number of hydrogen-bond donors (Lipinski definition) is 0. The van der Waals surface area contributed by atoms with Crippen molar-refractivity contribution in [1.82, 2.24) is 15.4 Å². The van der Waals surface area contributed by atoms with Gasteiger partial charge in [0.05, 0.1) is 0 Å². The van der Waals surface area contributed by atoms with Crippen LogP contribution in [0.1, 0.15) is 11.1 Å². The molecule has 6 nitrogen and oxygen atoms in total. The first kappa shape index (κ1) is 14.3. The molecule has 4 rings (SSSR count). The van der Waals surface area contributed by atoms with Gasteiger partial charge in [-0.15, -0.1) is 10.2 Å². The van der Waals surface area contributed by atoms with Gasteiger partial charge in [-0.25, -0.2) is 0 Å². The first-order valence-corrected chi connectivity index (χ1v) is 7.53. The lowest BCUT2D eigenvalue weighted by molar-refractivity contribution is -0.782. The standard InChI is InChI=1S/C18H14N4O2/c1-11-3-7-13(8-4-11)15-17-18(22(23)24-21-17)16(20-19-15)14-9-5-12(2)6-10-14/h3-10H,1-2H3. The fourth-order valence-corrected chi connectivity index (χ4v) is 2.61. The van der Waals surface area contributed by atoms with Gasteiger partial charge in [-0.2, -0.15) is 0 Å². The van der Waals surface area contributed by atoms with Gasteiger partial charge in [0.15, 0.2) is 5.69 Å². The topological polar surface area (TPSA) is 78.8 Å². The van der Waals surface area contributed by atoms with Crippen LogP contribution < -0.4 is 4.90 Å². The number of hydrogen-bond acceptors (Lipinski definition) is 5. The Kier molecular flexibility index (Phi) is 3.23. The van der Waals surface area contributed by atoms with Crippen LogP contribution in [-0.2, 0) is 0 Å². The molecule has 6 heteroatoms. The molecule has 4 aromatic rings. The molecular weight excluding hydrogens is 304 g/mol. The molecule has 0 atom stereocenters. The van der Waals surface area contributed by atoms with Crippen molar-refractivity contribution in [2.45, 2.75) is 13.8 Å². The molecule has 0 aliphatic rings. The van der Waals surface area contributed by atoms with Crippen molar-refractivity contribution in [3.63, 3.8) is 0 Å². The average molecular weight is 318 g/mol. The van der Waals surface area contributed by atoms with Crippen LogP contribution in [0.5, 0.6) is 0 Å². The van der Waals surface area contributed by atoms with Gasteiger partial charge in [0.25, 0.3) is 11.0 Å². The number of rotatable bonds is 2. The average Bonchev–Trinajstić information content (AvgIpc) is 2.98. The number of benzene rings is 2. The van der Waals surface area contributed by atoms with Gasteiger partial charge >= 0.3 is 0 Å². The van der Waals surface area contributed by atoms with Crippen LogP contribution in [0.2, 0.25) is 0 Å². The smallest absolute Gasteiger partial charge is 0.278 e. The molecule has 2 aromatic heterocycles. The molecule has 0 radical (unpaired) electrons. The minimum Gasteiger partial charge on any atom is -0.359 e. The van der Waals surface area contributed by atoms with Gasteiger partial charge in [0.1, 0.15) is 5.69 Å². The summed E-state index contributed by atoms with van der Waals surface area (Å²) in [6.07, 6.45) is 0. The molecule has 0 saturated carbocycles. The van der Waals surface area contributed by atoms with Gasteiger partial charge in [-0.3, -0.25) is 4.63 Å². The lowest BCUT2D eigenvalue weighted by Crippen LogP contribution is -2.23. The fourth-order valence-electron chi connectivity index (χ4n) is 2.61. The Morgan fingerprint density at radius 2 is 1.29 bits per heavy atom. The third-order valence-electron chi connectivity index (χ3n) is 3.96. The summed E-state index contributed by atoms with van der Waals surface area (Å²) < 4.78 is 4.82. The van der Waals surface area contributed by atoms with E-state index in [1.165, 1.54) is 0 Å². The predicted octanol–water partition coefficient (Wildman–Crippen LogP) is 3.20. The maximum atomic E-state index is 12.1. The van der Waals surface area contributed by atoms with E-state index in [0.717, 1.165) is 22.3 Å². The monoisotopic (exact) mass is 318 g/mol. The first-order chi connectivity index (χ1) is 11.6. The second-order valence-corrected chi connectivity index (χ2v) is 5.76. The van der Waals surface area contributed by atoms with Crippen molar-refractivity contribution in [3.05, 3.63) is 64.9 Å². The maximum absolute atomic E-state index is 12.1. The maximum Gasteiger partial charge on any atom is 0.278 e. The molecule has 0 bridgehead atoms. The Hall–Kier alpha value is -3.28. The van der Waals surface area contributed by atoms with E-state index in [1.54, 1.807) is 0 Å². The molecule has 2 aromatic carbocycles. The fraction of sp³-hybridized carbons (Fsp3) is 0.111. The van der Waals surface area contributed by atoms with Crippen molar-refractivity contribution < 1.29 is 9.53 Å². The summed E-state index contributed by atoms with van der Waals surface area (Å²) >= 11 is 0. The van der Waals surface area contributed by atoms with Crippen molar-refractivity contribution in [3.8, 4) is 22.5 Å². The Balaban J connectivity index is 1.96. The molecule has 0 fully saturated rings. The van der Waals surface area contributed by atoms with Crippen LogP contribution in [0, 0.1) is 19.1 Å². The van der Waals surface area contributed by atoms with E-state index in [0.29, 0.717) is 21.8 Å². The summed E-state index contributed by atoms with van der Waals surface area (Å²) in [5.41, 5.74) is 5.56. The molecule has 0 N–H and O–H groups in total. The van der Waals surface area contributed by atoms with Crippen molar-refractivity contribution in [1.29, 1.82) is 0 Å². The number of aromatic nitrogens is 4. The first-order valence-electron chi connectivity index (χ1n) is 7.53. The van der Waals surface area contributed by atoms with E-state index >= 15 is 0 Å². The molecule has 0 unspecified atom stereocenters. The molecule has 0 aliphatic carbocycles. The number of nitrogens with zero attached hydrogens (tertiary/aromatic N) is 4. The van der Waals surface area contributed by atoms with E-state index in [4.69, 9.17) is 4.63 Å². The van der Waals surface area contributed by atoms with E-state index in [2.05, 4.69) is 15.4 Å². The largest absolute Gasteiger partial charge is 0.359 e. The lowest BCUT2D eigenvalue weighted by Gasteiger charge is -2.03. The van der Waals surface area contributed by atoms with E-state index in [9.17, 15) is 5.21 Å². The van der Waals surface area contributed by atoms with Gasteiger partial charge in [-0.05, 0) is 18.8 Å². The Bertz CT molecular complexity index is 1020. The quantitative estimate of drug-likeness (QED) is 0.530. The Morgan fingerprint density at radius 1 is 0.792 bits per heavy atom. The predicted molar refractivity (Wildman–Crippen MR) is 88.9 cm³/mol. The van der Waals surface area contributed by atoms with Crippen LogP contribution in [-0.4, -0.2) is 15.4 Å². The summed E-state index contributed by atoms with van der Waals surface area (Å²) in [6, 6.07) is 15.5. The van der Waals surface area contributed by atoms with Crippen LogP contribution in [0.15, 0.2) is 53.2 Å². The molecule has 24 heavy (non-hydrogen) atoms. The summed E-state index contributed by atoms with van der Waals surface area (Å²) in [4.78, 5) is 0.386. The third-order valence-corrected chi connectivity index (χ3v) is 3.96. The van der Waals surface area contributed by atoms with Crippen LogP contribution in [0.3, 0.4) is 0 Å². The number of fused-ring (bicyclic) bond motifs is 1. The lowest BCUT2D eigenvalue weighted by atomic mass is 10.1. The normalized spacial score (nSPS) is 11.1. The molecule has 0 aliphatic heterocycles. The highest BCUT2D eigenvalue weighted by atomic mass is 16.8. The highest BCUT2D eigenvalue weighted by Crippen LogP contribution is 2.29. The zero-order valence-electron chi connectivity index (χ0n) is 13.2. The summed E-state index contributed by atoms with van der Waals surface area (Å²) in [6.45, 7) is 4.01. The second kappa shape index (κ2) is 5.42. The van der Waals surface area contributed by atoms with E-state index in [-0.39, 0.29) is 5.52 Å². The Labute approximate surface area is 137 Å². The summed E-state index contributed by atoms with van der Waals surface area (Å²) in [7, 11) is 0. The van der Waals surface area contributed by atoms with Gasteiger partial charge in [-0.1, -0.05) is 59.7 Å². The van der Waals surface area contributed by atoms with E-state index < -0.39 is 0 Å². The van der Waals surface area contributed by atoms with Gasteiger partial charge in [0.2, 0.25) is 0 Å². The van der Waals surface area contributed by atoms with Gasteiger partial charge < -0.3 is 5.21 Å². The molecule has 0 spiro atoms. The zero-order valence-corrected chi connectivity index (χ0v) is 13.2. The van der Waals surface area contributed by atoms with E-state index in [1.807, 2.05) is 62.4 Å². The minimum absolute atomic E-state index is 0.282. The SMILES string of the molecule is Cc1ccc(-c2nnc(-c3ccc(C)cc3)c3c2no[n+]3[O-])cc1. The summed E-state index contributed by atoms with van der Waals surface area (Å²) in [5.74, 6) is 0. The van der Waals surface area contributed by atoms with Gasteiger partial charge in [0, 0.05) is 16.3 Å². The van der Waals surface area contributed by atoms with Crippen molar-refractivity contribution >= 4 is 11.0 Å². The highest BCUT2D eigenvalue weighted by Gasteiger charge is 2.23. The second-order valence-electron chi connectivity index (χ2n) is 5.76. The zero-order chi connectivity index (χ0) is 16.7. The molecule has 2 heterocycles. The molecule has 118 valence electrons. The van der Waals surface area contributed by atoms with Crippen LogP contribution in [0.4, 0.5) is 0 Å². The highest BCUT2D eigenvalue weighted by molar-refractivity contribution is 5.94. The number of aryl methyl sites for hydroxylation is 2. The minimum atomic E-state index is 0.282. The molecular formula is C18H14N4O2. The summed E-state index contributed by atoms with van der Waals surface area (Å²) in [5, 5.41) is 24.6. The van der Waals surface area contributed by atoms with Crippen LogP contribution in [0.25, 0.3) is 33.5 Å². The molecule has 0 amide bonds. The van der Waals surface area contributed by atoms with Crippen molar-refractivity contribution in [2.24, 2.45) is 0 Å².